The minimum Gasteiger partial charge on any atom is -0.460 e. The number of rotatable bonds is 3. The third kappa shape index (κ3) is 3.36. The zero-order chi connectivity index (χ0) is 15.5. The Morgan fingerprint density at radius 2 is 1.86 bits per heavy atom. The summed E-state index contributed by atoms with van der Waals surface area (Å²) >= 11 is 2.14. The van der Waals surface area contributed by atoms with Crippen LogP contribution >= 0.6 is 22.6 Å². The number of halogens is 1. The van der Waals surface area contributed by atoms with Crippen LogP contribution in [0.2, 0.25) is 0 Å². The van der Waals surface area contributed by atoms with E-state index in [1.807, 2.05) is 24.3 Å². The van der Waals surface area contributed by atoms with E-state index in [0.717, 1.165) is 3.57 Å². The molecule has 0 aliphatic carbocycles. The lowest BCUT2D eigenvalue weighted by molar-refractivity contribution is -0.115. The minimum absolute atomic E-state index is 0.0199. The van der Waals surface area contributed by atoms with Crippen LogP contribution < -0.4 is 10.7 Å². The average molecular weight is 405 g/mol. The Bertz CT molecular complexity index is 887. The van der Waals surface area contributed by atoms with E-state index in [9.17, 15) is 9.59 Å². The molecule has 4 nitrogen and oxygen atoms in total. The Morgan fingerprint density at radius 3 is 2.64 bits per heavy atom. The second-order valence-corrected chi connectivity index (χ2v) is 6.05. The third-order valence-corrected chi connectivity index (χ3v) is 3.80. The molecule has 0 aliphatic rings. The maximum atomic E-state index is 12.1. The molecule has 0 spiro atoms. The van der Waals surface area contributed by atoms with E-state index >= 15 is 0 Å². The molecule has 0 unspecified atom stereocenters. The molecule has 110 valence electrons. The Balaban J connectivity index is 1.83. The van der Waals surface area contributed by atoms with Gasteiger partial charge >= 0.3 is 0 Å². The molecule has 0 atom stereocenters. The lowest BCUT2D eigenvalue weighted by Gasteiger charge is -2.05. The normalized spacial score (nSPS) is 10.6. The van der Waals surface area contributed by atoms with Gasteiger partial charge in [-0.3, -0.25) is 9.59 Å². The number of anilines is 1. The highest BCUT2D eigenvalue weighted by atomic mass is 127. The Kier molecular flexibility index (Phi) is 4.24. The summed E-state index contributed by atoms with van der Waals surface area (Å²) in [6, 6.07) is 15.9. The van der Waals surface area contributed by atoms with Crippen molar-refractivity contribution in [3.05, 3.63) is 74.2 Å². The summed E-state index contributed by atoms with van der Waals surface area (Å²) in [7, 11) is 0. The number of fused-ring (bicyclic) bond motifs is 1. The van der Waals surface area contributed by atoms with Gasteiger partial charge in [-0.05, 0) is 52.9 Å². The first-order valence-electron chi connectivity index (χ1n) is 6.69. The van der Waals surface area contributed by atoms with E-state index in [2.05, 4.69) is 27.9 Å². The molecule has 0 fully saturated rings. The van der Waals surface area contributed by atoms with Gasteiger partial charge in [0, 0.05) is 15.3 Å². The fourth-order valence-electron chi connectivity index (χ4n) is 2.15. The fourth-order valence-corrected chi connectivity index (χ4v) is 2.64. The van der Waals surface area contributed by atoms with Crippen molar-refractivity contribution in [1.82, 2.24) is 0 Å². The van der Waals surface area contributed by atoms with E-state index in [1.165, 1.54) is 6.07 Å². The van der Waals surface area contributed by atoms with Crippen molar-refractivity contribution in [2.24, 2.45) is 0 Å². The molecule has 1 amide bonds. The maximum Gasteiger partial charge on any atom is 0.231 e. The van der Waals surface area contributed by atoms with Crippen LogP contribution in [0.5, 0.6) is 0 Å². The second-order valence-electron chi connectivity index (χ2n) is 4.81. The molecule has 3 rings (SSSR count). The quantitative estimate of drug-likeness (QED) is 0.678. The summed E-state index contributed by atoms with van der Waals surface area (Å²) in [5, 5.41) is 3.29. The number of hydrogen-bond acceptors (Lipinski definition) is 3. The fraction of sp³-hybridized carbons (Fsp3) is 0.0588. The van der Waals surface area contributed by atoms with Gasteiger partial charge in [-0.15, -0.1) is 0 Å². The van der Waals surface area contributed by atoms with Crippen LogP contribution in [0.1, 0.15) is 5.76 Å². The molecule has 3 aromatic rings. The predicted octanol–water partition coefficient (Wildman–Crippen LogP) is 3.58. The Morgan fingerprint density at radius 1 is 1.09 bits per heavy atom. The molecule has 1 heterocycles. The van der Waals surface area contributed by atoms with Crippen LogP contribution in [0.3, 0.4) is 0 Å². The molecule has 1 aromatic heterocycles. The first-order chi connectivity index (χ1) is 10.6. The number of hydrogen-bond donors (Lipinski definition) is 1. The molecular formula is C17H12INO3. The minimum atomic E-state index is -0.223. The number of nitrogens with one attached hydrogen (secondary N) is 1. The number of benzene rings is 2. The van der Waals surface area contributed by atoms with Gasteiger partial charge in [-0.25, -0.2) is 0 Å². The average Bonchev–Trinajstić information content (AvgIpc) is 2.49. The van der Waals surface area contributed by atoms with E-state index < -0.39 is 0 Å². The molecule has 22 heavy (non-hydrogen) atoms. The first kappa shape index (κ1) is 14.8. The van der Waals surface area contributed by atoms with Crippen molar-refractivity contribution in [3.63, 3.8) is 0 Å². The highest BCUT2D eigenvalue weighted by molar-refractivity contribution is 14.1. The molecular weight excluding hydrogens is 393 g/mol. The highest BCUT2D eigenvalue weighted by Crippen LogP contribution is 2.16. The second kappa shape index (κ2) is 6.31. The summed E-state index contributed by atoms with van der Waals surface area (Å²) in [4.78, 5) is 24.1. The van der Waals surface area contributed by atoms with Crippen LogP contribution in [0, 0.1) is 3.57 Å². The zero-order valence-electron chi connectivity index (χ0n) is 11.5. The van der Waals surface area contributed by atoms with Crippen molar-refractivity contribution in [3.8, 4) is 0 Å². The van der Waals surface area contributed by atoms with Crippen LogP contribution in [0.4, 0.5) is 5.69 Å². The zero-order valence-corrected chi connectivity index (χ0v) is 13.7. The number of amides is 1. The summed E-state index contributed by atoms with van der Waals surface area (Å²) in [5.74, 6) is 0.131. The molecule has 5 heteroatoms. The lowest BCUT2D eigenvalue weighted by Crippen LogP contribution is -2.15. The summed E-state index contributed by atoms with van der Waals surface area (Å²) in [5.41, 5.74) is 1.07. The summed E-state index contributed by atoms with van der Waals surface area (Å²) < 4.78 is 6.61. The van der Waals surface area contributed by atoms with Crippen molar-refractivity contribution in [2.45, 2.75) is 6.42 Å². The largest absolute Gasteiger partial charge is 0.460 e. The monoisotopic (exact) mass is 405 g/mol. The maximum absolute atomic E-state index is 12.1. The van der Waals surface area contributed by atoms with Gasteiger partial charge in [0.1, 0.15) is 11.3 Å². The van der Waals surface area contributed by atoms with Crippen molar-refractivity contribution < 1.29 is 9.21 Å². The van der Waals surface area contributed by atoms with E-state index in [4.69, 9.17) is 4.42 Å². The molecule has 0 saturated carbocycles. The lowest BCUT2D eigenvalue weighted by atomic mass is 10.2. The van der Waals surface area contributed by atoms with E-state index in [0.29, 0.717) is 22.4 Å². The Labute approximate surface area is 140 Å². The SMILES string of the molecule is O=C(Cc1cc(=O)c2cc(I)ccc2o1)Nc1ccccc1. The number of carbonyl (C=O) groups excluding carboxylic acids is 1. The van der Waals surface area contributed by atoms with Crippen molar-refractivity contribution >= 4 is 45.2 Å². The summed E-state index contributed by atoms with van der Waals surface area (Å²) in [6.07, 6.45) is 0.0199. The van der Waals surface area contributed by atoms with Gasteiger partial charge < -0.3 is 9.73 Å². The number of para-hydroxylation sites is 1. The van der Waals surface area contributed by atoms with Gasteiger partial charge in [-0.1, -0.05) is 18.2 Å². The van der Waals surface area contributed by atoms with Crippen LogP contribution in [-0.4, -0.2) is 5.91 Å². The van der Waals surface area contributed by atoms with Crippen molar-refractivity contribution in [1.29, 1.82) is 0 Å². The van der Waals surface area contributed by atoms with Crippen molar-refractivity contribution in [2.75, 3.05) is 5.32 Å². The van der Waals surface area contributed by atoms with Gasteiger partial charge in [0.2, 0.25) is 5.91 Å². The van der Waals surface area contributed by atoms with Crippen LogP contribution in [-0.2, 0) is 11.2 Å². The molecule has 2 aromatic carbocycles. The van der Waals surface area contributed by atoms with Gasteiger partial charge in [-0.2, -0.15) is 0 Å². The van der Waals surface area contributed by atoms with Gasteiger partial charge in [0.05, 0.1) is 11.8 Å². The molecule has 0 aliphatic heterocycles. The van der Waals surface area contributed by atoms with Gasteiger partial charge in [0.25, 0.3) is 0 Å². The molecule has 0 radical (unpaired) electrons. The van der Waals surface area contributed by atoms with Crippen LogP contribution in [0.15, 0.2) is 63.8 Å². The molecule has 0 saturated heterocycles. The highest BCUT2D eigenvalue weighted by Gasteiger charge is 2.10. The smallest absolute Gasteiger partial charge is 0.231 e. The standard InChI is InChI=1S/C17H12INO3/c18-11-6-7-16-14(8-11)15(20)9-13(22-16)10-17(21)19-12-4-2-1-3-5-12/h1-9H,10H2,(H,19,21). The van der Waals surface area contributed by atoms with E-state index in [-0.39, 0.29) is 17.8 Å². The number of carbonyl (C=O) groups is 1. The van der Waals surface area contributed by atoms with E-state index in [1.54, 1.807) is 24.3 Å². The Hall–Kier alpha value is -2.15. The topological polar surface area (TPSA) is 59.3 Å². The van der Waals surface area contributed by atoms with Gasteiger partial charge in [0.15, 0.2) is 5.43 Å². The third-order valence-electron chi connectivity index (χ3n) is 3.13. The molecule has 0 bridgehead atoms. The first-order valence-corrected chi connectivity index (χ1v) is 7.77. The molecule has 1 N–H and O–H groups in total. The van der Waals surface area contributed by atoms with Crippen LogP contribution in [0.25, 0.3) is 11.0 Å². The predicted molar refractivity (Wildman–Crippen MR) is 94.0 cm³/mol. The summed E-state index contributed by atoms with van der Waals surface area (Å²) in [6.45, 7) is 0.